The molecule has 140 valence electrons. The van der Waals surface area contributed by atoms with Crippen LogP contribution in [0.5, 0.6) is 5.75 Å². The number of hydrogen-bond acceptors (Lipinski definition) is 8. The third kappa shape index (κ3) is 4.48. The maximum atomic E-state index is 11.9. The largest absolute Gasteiger partial charge is 0.514 e. The van der Waals surface area contributed by atoms with Crippen LogP contribution in [0.15, 0.2) is 42.6 Å². The van der Waals surface area contributed by atoms with Crippen LogP contribution >= 0.6 is 0 Å². The predicted octanol–water partition coefficient (Wildman–Crippen LogP) is 1.88. The zero-order valence-corrected chi connectivity index (χ0v) is 14.1. The minimum absolute atomic E-state index is 0.1000. The Morgan fingerprint density at radius 3 is 2.56 bits per heavy atom. The van der Waals surface area contributed by atoms with Crippen molar-refractivity contribution in [2.24, 2.45) is 5.73 Å². The monoisotopic (exact) mass is 372 g/mol. The zero-order valence-electron chi connectivity index (χ0n) is 14.1. The van der Waals surface area contributed by atoms with Crippen LogP contribution in [0.1, 0.15) is 16.8 Å². The van der Waals surface area contributed by atoms with Crippen LogP contribution in [0.4, 0.5) is 16.3 Å². The van der Waals surface area contributed by atoms with Gasteiger partial charge in [-0.2, -0.15) is 0 Å². The first-order valence-corrected chi connectivity index (χ1v) is 8.06. The van der Waals surface area contributed by atoms with Gasteiger partial charge in [-0.3, -0.25) is 14.9 Å². The van der Waals surface area contributed by atoms with E-state index in [1.807, 2.05) is 4.90 Å². The highest BCUT2D eigenvalue weighted by Gasteiger charge is 2.27. The van der Waals surface area contributed by atoms with Crippen LogP contribution < -0.4 is 15.4 Å². The van der Waals surface area contributed by atoms with Crippen molar-refractivity contribution < 1.29 is 24.0 Å². The normalized spacial score (nSPS) is 16.0. The molecule has 1 amide bonds. The number of primary amides is 1. The summed E-state index contributed by atoms with van der Waals surface area (Å²) in [4.78, 5) is 39.1. The topological polar surface area (TPSA) is 138 Å². The van der Waals surface area contributed by atoms with E-state index in [4.69, 9.17) is 15.2 Å². The molecule has 1 fully saturated rings. The first kappa shape index (κ1) is 18.1. The van der Waals surface area contributed by atoms with E-state index in [9.17, 15) is 19.7 Å². The summed E-state index contributed by atoms with van der Waals surface area (Å²) in [7, 11) is 0. The predicted molar refractivity (Wildman–Crippen MR) is 93.6 cm³/mol. The highest BCUT2D eigenvalue weighted by molar-refractivity contribution is 5.92. The summed E-state index contributed by atoms with van der Waals surface area (Å²) >= 11 is 0. The van der Waals surface area contributed by atoms with E-state index in [-0.39, 0.29) is 17.5 Å². The lowest BCUT2D eigenvalue weighted by molar-refractivity contribution is -0.384. The SMILES string of the molecule is NC(=O)c1ccc(N2CC[C@H](OC(=O)Oc3ccc([N+](=O)[O-])cc3)C2)nc1. The molecule has 10 nitrogen and oxygen atoms in total. The maximum Gasteiger partial charge on any atom is 0.514 e. The van der Waals surface area contributed by atoms with Crippen molar-refractivity contribution in [3.05, 3.63) is 58.3 Å². The number of pyridine rings is 1. The maximum absolute atomic E-state index is 11.9. The molecule has 3 rings (SSSR count). The van der Waals surface area contributed by atoms with E-state index in [0.717, 1.165) is 0 Å². The summed E-state index contributed by atoms with van der Waals surface area (Å²) in [6.07, 6.45) is 0.726. The molecule has 1 aromatic carbocycles. The number of nitrogens with zero attached hydrogens (tertiary/aromatic N) is 3. The molecule has 0 unspecified atom stereocenters. The van der Waals surface area contributed by atoms with Crippen LogP contribution in [0.2, 0.25) is 0 Å². The molecule has 2 heterocycles. The minimum Gasteiger partial charge on any atom is -0.429 e. The summed E-state index contributed by atoms with van der Waals surface area (Å²) < 4.78 is 10.3. The van der Waals surface area contributed by atoms with Gasteiger partial charge >= 0.3 is 6.16 Å². The number of hydrogen-bond donors (Lipinski definition) is 1. The molecule has 2 N–H and O–H groups in total. The molecule has 1 aromatic heterocycles. The van der Waals surface area contributed by atoms with Crippen LogP contribution in [0, 0.1) is 10.1 Å². The summed E-state index contributed by atoms with van der Waals surface area (Å²) in [5.41, 5.74) is 5.40. The van der Waals surface area contributed by atoms with Gasteiger partial charge in [0.25, 0.3) is 5.69 Å². The minimum atomic E-state index is -0.882. The van der Waals surface area contributed by atoms with Crippen molar-refractivity contribution in [1.29, 1.82) is 0 Å². The van der Waals surface area contributed by atoms with Gasteiger partial charge in [-0.05, 0) is 24.3 Å². The number of carbonyl (C=O) groups is 2. The van der Waals surface area contributed by atoms with Crippen LogP contribution in [-0.4, -0.2) is 41.2 Å². The van der Waals surface area contributed by atoms with Crippen LogP contribution in [0.25, 0.3) is 0 Å². The van der Waals surface area contributed by atoms with Gasteiger partial charge in [0, 0.05) is 31.3 Å². The van der Waals surface area contributed by atoms with E-state index in [1.54, 1.807) is 12.1 Å². The van der Waals surface area contributed by atoms with Crippen molar-refractivity contribution in [3.8, 4) is 5.75 Å². The summed E-state index contributed by atoms with van der Waals surface area (Å²) in [6.45, 7) is 1.05. The fourth-order valence-electron chi connectivity index (χ4n) is 2.64. The fraction of sp³-hybridized carbons (Fsp3) is 0.235. The molecule has 0 radical (unpaired) electrons. The smallest absolute Gasteiger partial charge is 0.429 e. The number of nitro groups is 1. The Hall–Kier alpha value is -3.69. The Bertz CT molecular complexity index is 853. The van der Waals surface area contributed by atoms with Gasteiger partial charge in [0.2, 0.25) is 5.91 Å². The Morgan fingerprint density at radius 1 is 1.22 bits per heavy atom. The molecule has 0 aliphatic carbocycles. The number of aromatic nitrogens is 1. The molecule has 2 aromatic rings. The highest BCUT2D eigenvalue weighted by atomic mass is 16.7. The highest BCUT2D eigenvalue weighted by Crippen LogP contribution is 2.22. The Kier molecular flexibility index (Phi) is 5.15. The third-order valence-corrected chi connectivity index (χ3v) is 4.01. The summed E-state index contributed by atoms with van der Waals surface area (Å²) in [6, 6.07) is 8.39. The molecule has 10 heteroatoms. The van der Waals surface area contributed by atoms with Crippen molar-refractivity contribution >= 4 is 23.6 Å². The third-order valence-electron chi connectivity index (χ3n) is 4.01. The van der Waals surface area contributed by atoms with Crippen molar-refractivity contribution in [2.75, 3.05) is 18.0 Å². The van der Waals surface area contributed by atoms with Gasteiger partial charge in [0.1, 0.15) is 17.7 Å². The lowest BCUT2D eigenvalue weighted by Crippen LogP contribution is -2.26. The lowest BCUT2D eigenvalue weighted by Gasteiger charge is -2.17. The van der Waals surface area contributed by atoms with Crippen LogP contribution in [-0.2, 0) is 4.74 Å². The first-order chi connectivity index (χ1) is 12.9. The molecule has 0 spiro atoms. The van der Waals surface area contributed by atoms with Crippen molar-refractivity contribution in [2.45, 2.75) is 12.5 Å². The Labute approximate surface area is 153 Å². The number of nitrogens with two attached hydrogens (primary N) is 1. The van der Waals surface area contributed by atoms with Gasteiger partial charge in [-0.15, -0.1) is 0 Å². The fourth-order valence-corrected chi connectivity index (χ4v) is 2.64. The standard InChI is InChI=1S/C17H16N4O6/c18-16(22)11-1-6-15(19-9-11)20-8-7-14(10-20)27-17(23)26-13-4-2-12(3-5-13)21(24)25/h1-6,9,14H,7-8,10H2,(H2,18,22)/t14-/m0/s1. The quantitative estimate of drug-likeness (QED) is 0.363. The number of benzene rings is 1. The molecule has 1 saturated heterocycles. The van der Waals surface area contributed by atoms with Crippen molar-refractivity contribution in [1.82, 2.24) is 4.98 Å². The van der Waals surface area contributed by atoms with E-state index in [0.29, 0.717) is 30.9 Å². The molecule has 0 bridgehead atoms. The number of nitro benzene ring substituents is 1. The number of ether oxygens (including phenoxy) is 2. The number of anilines is 1. The lowest BCUT2D eigenvalue weighted by atomic mass is 10.2. The average Bonchev–Trinajstić information content (AvgIpc) is 3.10. The Morgan fingerprint density at radius 2 is 1.96 bits per heavy atom. The number of amides is 1. The number of carbonyl (C=O) groups excluding carboxylic acids is 2. The van der Waals surface area contributed by atoms with Gasteiger partial charge in [-0.1, -0.05) is 0 Å². The first-order valence-electron chi connectivity index (χ1n) is 8.06. The molecule has 1 atom stereocenters. The molecule has 27 heavy (non-hydrogen) atoms. The van der Waals surface area contributed by atoms with Gasteiger partial charge in [0.05, 0.1) is 17.0 Å². The van der Waals surface area contributed by atoms with Gasteiger partial charge in [0.15, 0.2) is 0 Å². The van der Waals surface area contributed by atoms with E-state index >= 15 is 0 Å². The summed E-state index contributed by atoms with van der Waals surface area (Å²) in [5, 5.41) is 10.6. The van der Waals surface area contributed by atoms with Gasteiger partial charge < -0.3 is 20.1 Å². The second-order valence-electron chi connectivity index (χ2n) is 5.85. The Balaban J connectivity index is 1.52. The molecular weight excluding hydrogens is 356 g/mol. The van der Waals surface area contributed by atoms with Crippen LogP contribution in [0.3, 0.4) is 0 Å². The number of rotatable bonds is 5. The molecule has 0 saturated carbocycles. The second-order valence-corrected chi connectivity index (χ2v) is 5.85. The van der Waals surface area contributed by atoms with Gasteiger partial charge in [-0.25, -0.2) is 9.78 Å². The van der Waals surface area contributed by atoms with Crippen molar-refractivity contribution in [3.63, 3.8) is 0 Å². The van der Waals surface area contributed by atoms with E-state index < -0.39 is 17.0 Å². The number of non-ortho nitro benzene ring substituents is 1. The van der Waals surface area contributed by atoms with E-state index in [1.165, 1.54) is 30.5 Å². The summed E-state index contributed by atoms with van der Waals surface area (Å²) in [5.74, 6) is 0.254. The molecule has 1 aliphatic rings. The average molecular weight is 372 g/mol. The zero-order chi connectivity index (χ0) is 19.4. The molecular formula is C17H16N4O6. The van der Waals surface area contributed by atoms with E-state index in [2.05, 4.69) is 4.98 Å². The second kappa shape index (κ2) is 7.68. The molecule has 1 aliphatic heterocycles.